The lowest BCUT2D eigenvalue weighted by Crippen LogP contribution is -2.53. The lowest BCUT2D eigenvalue weighted by Gasteiger charge is -2.37. The number of alkyl carbamates (subject to hydrolysis) is 1. The van der Waals surface area contributed by atoms with Crippen LogP contribution in [0.5, 0.6) is 0 Å². The number of carbonyl (C=O) groups is 2. The lowest BCUT2D eigenvalue weighted by molar-refractivity contribution is 0.0646. The molecule has 3 rings (SSSR count). The van der Waals surface area contributed by atoms with E-state index in [1.54, 1.807) is 5.51 Å². The Morgan fingerprint density at radius 1 is 1.48 bits per heavy atom. The maximum atomic E-state index is 12.6. The molecule has 1 spiro atoms. The number of nitrogens with zero attached hydrogens (tertiary/aromatic N) is 2. The fraction of sp³-hybridized carbons (Fsp3) is 0.643. The van der Waals surface area contributed by atoms with Crippen molar-refractivity contribution in [3.8, 4) is 0 Å². The van der Waals surface area contributed by atoms with Gasteiger partial charge in [0.2, 0.25) is 0 Å². The summed E-state index contributed by atoms with van der Waals surface area (Å²) in [7, 11) is 0. The van der Waals surface area contributed by atoms with Crippen molar-refractivity contribution >= 4 is 23.3 Å². The average molecular weight is 309 g/mol. The molecule has 0 unspecified atom stereocenters. The van der Waals surface area contributed by atoms with Gasteiger partial charge in [0.25, 0.3) is 5.91 Å². The minimum atomic E-state index is -0.348. The molecule has 0 radical (unpaired) electrons. The summed E-state index contributed by atoms with van der Waals surface area (Å²) in [5.41, 5.74) is 2.34. The molecule has 0 bridgehead atoms. The predicted octanol–water partition coefficient (Wildman–Crippen LogP) is 1.98. The van der Waals surface area contributed by atoms with E-state index in [0.29, 0.717) is 19.7 Å². The Bertz CT molecular complexity index is 562. The summed E-state index contributed by atoms with van der Waals surface area (Å²) in [4.78, 5) is 30.8. The monoisotopic (exact) mass is 309 g/mol. The molecule has 114 valence electrons. The van der Waals surface area contributed by atoms with Gasteiger partial charge < -0.3 is 15.0 Å². The Morgan fingerprint density at radius 3 is 2.76 bits per heavy atom. The van der Waals surface area contributed by atoms with Gasteiger partial charge in [-0.3, -0.25) is 4.79 Å². The van der Waals surface area contributed by atoms with E-state index in [1.165, 1.54) is 11.3 Å². The van der Waals surface area contributed by atoms with Gasteiger partial charge in [-0.1, -0.05) is 13.8 Å². The second-order valence-electron chi connectivity index (χ2n) is 6.00. The fourth-order valence-electron chi connectivity index (χ4n) is 2.87. The number of thiazole rings is 1. The SMILES string of the molecule is CC(C)c1ncsc1C(=O)N1CCC2(CC1)COC(=O)N2. The smallest absolute Gasteiger partial charge is 0.407 e. The van der Waals surface area contributed by atoms with Gasteiger partial charge >= 0.3 is 6.09 Å². The molecular weight excluding hydrogens is 290 g/mol. The molecule has 21 heavy (non-hydrogen) atoms. The number of nitrogens with one attached hydrogen (secondary N) is 1. The molecule has 0 atom stereocenters. The number of cyclic esters (lactones) is 1. The van der Waals surface area contributed by atoms with Gasteiger partial charge in [0.1, 0.15) is 11.5 Å². The van der Waals surface area contributed by atoms with Gasteiger partial charge in [-0.15, -0.1) is 11.3 Å². The zero-order valence-electron chi connectivity index (χ0n) is 12.2. The van der Waals surface area contributed by atoms with Crippen molar-refractivity contribution < 1.29 is 14.3 Å². The van der Waals surface area contributed by atoms with Crippen LogP contribution in [0.25, 0.3) is 0 Å². The van der Waals surface area contributed by atoms with Crippen LogP contribution in [0.2, 0.25) is 0 Å². The normalized spacial score (nSPS) is 20.7. The third-order valence-electron chi connectivity index (χ3n) is 4.19. The van der Waals surface area contributed by atoms with Gasteiger partial charge in [0.05, 0.1) is 16.7 Å². The van der Waals surface area contributed by atoms with Crippen LogP contribution in [0.1, 0.15) is 48.0 Å². The van der Waals surface area contributed by atoms with Gasteiger partial charge in [0, 0.05) is 13.1 Å². The first kappa shape index (κ1) is 14.3. The highest BCUT2D eigenvalue weighted by Gasteiger charge is 2.43. The second-order valence-corrected chi connectivity index (χ2v) is 6.85. The Hall–Kier alpha value is -1.63. The number of hydrogen-bond acceptors (Lipinski definition) is 5. The molecule has 1 N–H and O–H groups in total. The quantitative estimate of drug-likeness (QED) is 0.907. The third-order valence-corrected chi connectivity index (χ3v) is 5.02. The maximum absolute atomic E-state index is 12.6. The minimum Gasteiger partial charge on any atom is -0.447 e. The molecule has 2 aliphatic heterocycles. The van der Waals surface area contributed by atoms with Gasteiger partial charge in [-0.2, -0.15) is 0 Å². The van der Waals surface area contributed by atoms with Crippen LogP contribution in [0.15, 0.2) is 5.51 Å². The Kier molecular flexibility index (Phi) is 3.61. The van der Waals surface area contributed by atoms with Gasteiger partial charge in [0.15, 0.2) is 0 Å². The van der Waals surface area contributed by atoms with E-state index < -0.39 is 0 Å². The second kappa shape index (κ2) is 5.29. The van der Waals surface area contributed by atoms with E-state index in [2.05, 4.69) is 10.3 Å². The van der Waals surface area contributed by atoms with Crippen molar-refractivity contribution in [1.29, 1.82) is 0 Å². The Morgan fingerprint density at radius 2 is 2.19 bits per heavy atom. The van der Waals surface area contributed by atoms with Gasteiger partial charge in [-0.05, 0) is 18.8 Å². The van der Waals surface area contributed by atoms with E-state index in [1.807, 2.05) is 18.7 Å². The number of aromatic nitrogens is 1. The first-order valence-corrected chi connectivity index (χ1v) is 8.06. The highest BCUT2D eigenvalue weighted by molar-refractivity contribution is 7.11. The van der Waals surface area contributed by atoms with E-state index in [9.17, 15) is 9.59 Å². The Balaban J connectivity index is 1.68. The number of likely N-dealkylation sites (tertiary alicyclic amines) is 1. The molecule has 1 aromatic rings. The molecule has 2 amide bonds. The van der Waals surface area contributed by atoms with Crippen LogP contribution in [-0.2, 0) is 4.74 Å². The highest BCUT2D eigenvalue weighted by Crippen LogP contribution is 2.29. The molecule has 6 nitrogen and oxygen atoms in total. The lowest BCUT2D eigenvalue weighted by atomic mass is 9.89. The topological polar surface area (TPSA) is 71.5 Å². The van der Waals surface area contributed by atoms with E-state index in [4.69, 9.17) is 4.74 Å². The molecule has 2 saturated heterocycles. The highest BCUT2D eigenvalue weighted by atomic mass is 32.1. The molecule has 2 fully saturated rings. The predicted molar refractivity (Wildman–Crippen MR) is 78.6 cm³/mol. The van der Waals surface area contributed by atoms with Crippen molar-refractivity contribution in [2.45, 2.75) is 38.1 Å². The van der Waals surface area contributed by atoms with Crippen molar-refractivity contribution in [3.63, 3.8) is 0 Å². The van der Waals surface area contributed by atoms with Crippen LogP contribution in [0, 0.1) is 0 Å². The summed E-state index contributed by atoms with van der Waals surface area (Å²) in [6, 6.07) is 0. The number of rotatable bonds is 2. The summed E-state index contributed by atoms with van der Waals surface area (Å²) in [5.74, 6) is 0.301. The molecule has 3 heterocycles. The van der Waals surface area contributed by atoms with Crippen molar-refractivity contribution in [3.05, 3.63) is 16.1 Å². The summed E-state index contributed by atoms with van der Waals surface area (Å²) in [5, 5.41) is 2.88. The third kappa shape index (κ3) is 2.62. The molecule has 7 heteroatoms. The van der Waals surface area contributed by atoms with Crippen molar-refractivity contribution in [2.75, 3.05) is 19.7 Å². The Labute approximate surface area is 127 Å². The summed E-state index contributed by atoms with van der Waals surface area (Å²) in [6.45, 7) is 5.77. The minimum absolute atomic E-state index is 0.0568. The molecule has 2 aliphatic rings. The van der Waals surface area contributed by atoms with E-state index >= 15 is 0 Å². The summed E-state index contributed by atoms with van der Waals surface area (Å²) < 4.78 is 5.00. The summed E-state index contributed by atoms with van der Waals surface area (Å²) >= 11 is 1.41. The average Bonchev–Trinajstić information content (AvgIpc) is 3.07. The van der Waals surface area contributed by atoms with Crippen molar-refractivity contribution in [1.82, 2.24) is 15.2 Å². The molecular formula is C14H19N3O3S. The number of amides is 2. The van der Waals surface area contributed by atoms with Crippen LogP contribution >= 0.6 is 11.3 Å². The van der Waals surface area contributed by atoms with Crippen LogP contribution in [-0.4, -0.2) is 47.1 Å². The van der Waals surface area contributed by atoms with Crippen LogP contribution in [0.3, 0.4) is 0 Å². The van der Waals surface area contributed by atoms with Crippen LogP contribution in [0.4, 0.5) is 4.79 Å². The van der Waals surface area contributed by atoms with Crippen molar-refractivity contribution in [2.24, 2.45) is 0 Å². The number of carbonyl (C=O) groups excluding carboxylic acids is 2. The summed E-state index contributed by atoms with van der Waals surface area (Å²) in [6.07, 6.45) is 1.12. The van der Waals surface area contributed by atoms with E-state index in [0.717, 1.165) is 23.4 Å². The molecule has 1 aromatic heterocycles. The van der Waals surface area contributed by atoms with Crippen LogP contribution < -0.4 is 5.32 Å². The fourth-order valence-corrected chi connectivity index (χ4v) is 3.78. The van der Waals surface area contributed by atoms with E-state index in [-0.39, 0.29) is 23.5 Å². The largest absolute Gasteiger partial charge is 0.447 e. The molecule has 0 aromatic carbocycles. The molecule has 0 aliphatic carbocycles. The standard InChI is InChI=1S/C14H19N3O3S/c1-9(2)10-11(21-8-15-10)12(18)17-5-3-14(4-6-17)7-20-13(19)16-14/h8-9H,3-7H2,1-2H3,(H,16,19). The first-order valence-electron chi connectivity index (χ1n) is 7.18. The first-order chi connectivity index (χ1) is 10.0. The maximum Gasteiger partial charge on any atom is 0.407 e. The zero-order valence-corrected chi connectivity index (χ0v) is 13.0. The zero-order chi connectivity index (χ0) is 15.0. The molecule has 0 saturated carbocycles. The number of hydrogen-bond donors (Lipinski definition) is 1. The number of ether oxygens (including phenoxy) is 1. The number of piperidine rings is 1. The van der Waals surface area contributed by atoms with Gasteiger partial charge in [-0.25, -0.2) is 9.78 Å².